The normalized spacial score (nSPS) is 11.6. The van der Waals surface area contributed by atoms with E-state index in [-0.39, 0.29) is 0 Å². The molecule has 2 heteroatoms. The Kier molecular flexibility index (Phi) is 4.57. The number of benzene rings is 1. The smallest absolute Gasteiger partial charge is 0.0940 e. The van der Waals surface area contributed by atoms with Crippen LogP contribution in [0.4, 0.5) is 0 Å². The summed E-state index contributed by atoms with van der Waals surface area (Å²) in [5.41, 5.74) is 0. The molecule has 0 heterocycles. The van der Waals surface area contributed by atoms with E-state index >= 15 is 0 Å². The van der Waals surface area contributed by atoms with Gasteiger partial charge in [-0.05, 0) is 26.0 Å². The van der Waals surface area contributed by atoms with Crippen LogP contribution in [0, 0.1) is 0 Å². The number of rotatable bonds is 5. The van der Waals surface area contributed by atoms with Crippen molar-refractivity contribution in [2.75, 3.05) is 25.1 Å². The Bertz CT molecular complexity index is 254. The van der Waals surface area contributed by atoms with Crippen LogP contribution in [0.3, 0.4) is 0 Å². The van der Waals surface area contributed by atoms with Gasteiger partial charge in [-0.1, -0.05) is 18.2 Å². The minimum absolute atomic E-state index is 0.324. The van der Waals surface area contributed by atoms with Crippen LogP contribution in [0.15, 0.2) is 30.3 Å². The molecule has 1 rings (SSSR count). The highest BCUT2D eigenvalue weighted by Gasteiger charge is 2.35. The van der Waals surface area contributed by atoms with Gasteiger partial charge in [0.05, 0.1) is 30.4 Å². The maximum absolute atomic E-state index is 9.15. The minimum Gasteiger partial charge on any atom is -0.393 e. The van der Waals surface area contributed by atoms with Gasteiger partial charge < -0.3 is 5.11 Å². The molecule has 0 aliphatic heterocycles. The van der Waals surface area contributed by atoms with Crippen LogP contribution < -0.4 is 5.30 Å². The van der Waals surface area contributed by atoms with Crippen LogP contribution in [0.2, 0.25) is 0 Å². The highest BCUT2D eigenvalue weighted by Crippen LogP contribution is 2.56. The Morgan fingerprint density at radius 2 is 1.64 bits per heavy atom. The van der Waals surface area contributed by atoms with E-state index in [9.17, 15) is 0 Å². The van der Waals surface area contributed by atoms with Crippen molar-refractivity contribution in [1.29, 1.82) is 0 Å². The SMILES string of the molecule is CC[P+](CC)(CCO)c1ccccc1. The van der Waals surface area contributed by atoms with Crippen LogP contribution in [-0.4, -0.2) is 30.2 Å². The molecule has 0 fully saturated rings. The molecule has 0 aliphatic rings. The number of hydrogen-bond donors (Lipinski definition) is 1. The van der Waals surface area contributed by atoms with Gasteiger partial charge in [0.15, 0.2) is 0 Å². The molecule has 1 nitrogen and oxygen atoms in total. The summed E-state index contributed by atoms with van der Waals surface area (Å²) in [5.74, 6) is 0. The van der Waals surface area contributed by atoms with E-state index in [4.69, 9.17) is 5.11 Å². The quantitative estimate of drug-likeness (QED) is 0.741. The molecule has 0 radical (unpaired) electrons. The number of hydrogen-bond acceptors (Lipinski definition) is 1. The molecule has 0 saturated carbocycles. The summed E-state index contributed by atoms with van der Waals surface area (Å²) >= 11 is 0. The van der Waals surface area contributed by atoms with Gasteiger partial charge in [0.2, 0.25) is 0 Å². The first kappa shape index (κ1) is 11.7. The summed E-state index contributed by atoms with van der Waals surface area (Å²) in [7, 11) is -1.06. The molecule has 0 bridgehead atoms. The summed E-state index contributed by atoms with van der Waals surface area (Å²) in [6, 6.07) is 10.7. The van der Waals surface area contributed by atoms with Crippen molar-refractivity contribution in [2.45, 2.75) is 13.8 Å². The molecule has 0 unspecified atom stereocenters. The highest BCUT2D eigenvalue weighted by molar-refractivity contribution is 7.82. The van der Waals surface area contributed by atoms with Gasteiger partial charge in [-0.15, -0.1) is 0 Å². The largest absolute Gasteiger partial charge is 0.393 e. The van der Waals surface area contributed by atoms with Crippen LogP contribution >= 0.6 is 7.26 Å². The van der Waals surface area contributed by atoms with Crippen LogP contribution in [0.5, 0.6) is 0 Å². The Hall–Kier alpha value is -0.390. The Morgan fingerprint density at radius 3 is 2.07 bits per heavy atom. The second-order valence-electron chi connectivity index (χ2n) is 3.56. The van der Waals surface area contributed by atoms with Gasteiger partial charge in [0.25, 0.3) is 0 Å². The fourth-order valence-electron chi connectivity index (χ4n) is 1.97. The third-order valence-electron chi connectivity index (χ3n) is 3.04. The van der Waals surface area contributed by atoms with Crippen LogP contribution in [-0.2, 0) is 0 Å². The Balaban J connectivity index is 2.98. The van der Waals surface area contributed by atoms with Gasteiger partial charge in [-0.2, -0.15) is 0 Å². The maximum atomic E-state index is 9.15. The standard InChI is InChI=1S/C12H20OP/c1-3-14(4-2,11-10-13)12-8-6-5-7-9-12/h5-9,13H,3-4,10-11H2,1-2H3/q+1. The third-order valence-corrected chi connectivity index (χ3v) is 7.91. The lowest BCUT2D eigenvalue weighted by Gasteiger charge is -2.23. The van der Waals surface area contributed by atoms with Crippen molar-refractivity contribution >= 4 is 12.6 Å². The zero-order valence-electron chi connectivity index (χ0n) is 9.11. The number of aliphatic hydroxyl groups is 1. The second-order valence-corrected chi connectivity index (χ2v) is 8.08. The van der Waals surface area contributed by atoms with E-state index in [1.165, 1.54) is 17.6 Å². The van der Waals surface area contributed by atoms with E-state index < -0.39 is 7.26 Å². The Morgan fingerprint density at radius 1 is 1.07 bits per heavy atom. The lowest BCUT2D eigenvalue weighted by molar-refractivity contribution is 0.321. The lowest BCUT2D eigenvalue weighted by Crippen LogP contribution is -2.20. The van der Waals surface area contributed by atoms with Crippen LogP contribution in [0.25, 0.3) is 0 Å². The van der Waals surface area contributed by atoms with Crippen molar-refractivity contribution in [2.24, 2.45) is 0 Å². The molecule has 1 N–H and O–H groups in total. The summed E-state index contributed by atoms with van der Waals surface area (Å²) < 4.78 is 0. The molecular formula is C12H20OP+. The molecule has 1 aromatic carbocycles. The minimum atomic E-state index is -1.06. The zero-order valence-corrected chi connectivity index (χ0v) is 10.0. The van der Waals surface area contributed by atoms with Gasteiger partial charge in [-0.3, -0.25) is 0 Å². The first-order valence-electron chi connectivity index (χ1n) is 5.31. The van der Waals surface area contributed by atoms with Crippen molar-refractivity contribution in [3.63, 3.8) is 0 Å². The highest BCUT2D eigenvalue weighted by atomic mass is 31.2. The summed E-state index contributed by atoms with van der Waals surface area (Å²) in [5, 5.41) is 10.6. The summed E-state index contributed by atoms with van der Waals surface area (Å²) in [6.45, 7) is 4.82. The first-order valence-corrected chi connectivity index (χ1v) is 7.66. The van der Waals surface area contributed by atoms with E-state index in [1.807, 2.05) is 0 Å². The summed E-state index contributed by atoms with van der Waals surface area (Å²) in [4.78, 5) is 0. The van der Waals surface area contributed by atoms with Gasteiger partial charge in [0, 0.05) is 7.26 Å². The Labute approximate surface area is 87.5 Å². The fraction of sp³-hybridized carbons (Fsp3) is 0.500. The van der Waals surface area contributed by atoms with Crippen molar-refractivity contribution in [3.8, 4) is 0 Å². The van der Waals surface area contributed by atoms with E-state index in [1.54, 1.807) is 0 Å². The molecule has 0 atom stereocenters. The molecule has 0 aliphatic carbocycles. The molecular weight excluding hydrogens is 191 g/mol. The number of aliphatic hydroxyl groups excluding tert-OH is 1. The van der Waals surface area contributed by atoms with Crippen molar-refractivity contribution in [1.82, 2.24) is 0 Å². The first-order chi connectivity index (χ1) is 6.79. The predicted octanol–water partition coefficient (Wildman–Crippen LogP) is 2.36. The molecule has 1 aromatic rings. The van der Waals surface area contributed by atoms with Crippen LogP contribution in [0.1, 0.15) is 13.8 Å². The van der Waals surface area contributed by atoms with Crippen molar-refractivity contribution in [3.05, 3.63) is 30.3 Å². The van der Waals surface area contributed by atoms with Gasteiger partial charge in [0.1, 0.15) is 0 Å². The summed E-state index contributed by atoms with van der Waals surface area (Å²) in [6.07, 6.45) is 3.38. The zero-order chi connectivity index (χ0) is 10.4. The molecule has 0 saturated heterocycles. The van der Waals surface area contributed by atoms with E-state index in [2.05, 4.69) is 44.2 Å². The van der Waals surface area contributed by atoms with E-state index in [0.717, 1.165) is 6.16 Å². The molecule has 0 spiro atoms. The second kappa shape index (κ2) is 5.48. The predicted molar refractivity (Wildman–Crippen MR) is 66.0 cm³/mol. The van der Waals surface area contributed by atoms with Gasteiger partial charge in [-0.25, -0.2) is 0 Å². The average Bonchev–Trinajstić information content (AvgIpc) is 2.27. The lowest BCUT2D eigenvalue weighted by atomic mass is 10.4. The molecule has 0 aromatic heterocycles. The third kappa shape index (κ3) is 2.34. The van der Waals surface area contributed by atoms with Crippen molar-refractivity contribution < 1.29 is 5.11 Å². The molecule has 78 valence electrons. The monoisotopic (exact) mass is 211 g/mol. The molecule has 14 heavy (non-hydrogen) atoms. The van der Waals surface area contributed by atoms with E-state index in [0.29, 0.717) is 6.61 Å². The maximum Gasteiger partial charge on any atom is 0.0940 e. The van der Waals surface area contributed by atoms with Gasteiger partial charge >= 0.3 is 0 Å². The molecule has 0 amide bonds. The fourth-order valence-corrected chi connectivity index (χ4v) is 5.23. The average molecular weight is 211 g/mol. The topological polar surface area (TPSA) is 20.2 Å².